The Morgan fingerprint density at radius 1 is 1.53 bits per heavy atom. The standard InChI is InChI=1S/C8H12ClN3O2S/c9-8-6-7(2-4-12-8)11-3-1-5-15(10,13)14/h2,4,6H,1,3,5H2,(H,11,12)(H2,10,13,14). The highest BCUT2D eigenvalue weighted by Gasteiger charge is 2.01. The van der Waals surface area contributed by atoms with Crippen LogP contribution in [-0.2, 0) is 10.0 Å². The van der Waals surface area contributed by atoms with Crippen LogP contribution in [0.1, 0.15) is 6.42 Å². The molecule has 1 heterocycles. The van der Waals surface area contributed by atoms with Gasteiger partial charge < -0.3 is 5.32 Å². The summed E-state index contributed by atoms with van der Waals surface area (Å²) >= 11 is 5.66. The third-order valence-corrected chi connectivity index (χ3v) is 2.73. The van der Waals surface area contributed by atoms with Gasteiger partial charge in [0.25, 0.3) is 0 Å². The van der Waals surface area contributed by atoms with Gasteiger partial charge in [0.1, 0.15) is 5.15 Å². The van der Waals surface area contributed by atoms with Crippen LogP contribution in [0, 0.1) is 0 Å². The molecule has 0 atom stereocenters. The molecule has 0 fully saturated rings. The molecule has 0 saturated heterocycles. The minimum absolute atomic E-state index is 0.0290. The molecular formula is C8H12ClN3O2S. The molecule has 0 aliphatic carbocycles. The topological polar surface area (TPSA) is 85.1 Å². The van der Waals surface area contributed by atoms with E-state index >= 15 is 0 Å². The summed E-state index contributed by atoms with van der Waals surface area (Å²) in [7, 11) is -3.37. The van der Waals surface area contributed by atoms with Crippen LogP contribution in [0.5, 0.6) is 0 Å². The van der Waals surface area contributed by atoms with Gasteiger partial charge in [0.15, 0.2) is 0 Å². The van der Waals surface area contributed by atoms with E-state index in [2.05, 4.69) is 10.3 Å². The lowest BCUT2D eigenvalue weighted by atomic mass is 10.4. The summed E-state index contributed by atoms with van der Waals surface area (Å²) in [6.07, 6.45) is 2.03. The molecule has 15 heavy (non-hydrogen) atoms. The van der Waals surface area contributed by atoms with Crippen LogP contribution < -0.4 is 10.5 Å². The van der Waals surface area contributed by atoms with E-state index in [0.29, 0.717) is 18.1 Å². The van der Waals surface area contributed by atoms with Crippen LogP contribution in [0.4, 0.5) is 5.69 Å². The minimum Gasteiger partial charge on any atom is -0.385 e. The first kappa shape index (κ1) is 12.2. The molecule has 0 aromatic carbocycles. The van der Waals surface area contributed by atoms with Gasteiger partial charge in [0, 0.05) is 18.4 Å². The lowest BCUT2D eigenvalue weighted by Gasteiger charge is -2.05. The lowest BCUT2D eigenvalue weighted by molar-refractivity contribution is 0.596. The van der Waals surface area contributed by atoms with E-state index in [1.165, 1.54) is 0 Å². The summed E-state index contributed by atoms with van der Waals surface area (Å²) in [5, 5.41) is 8.26. The monoisotopic (exact) mass is 249 g/mol. The highest BCUT2D eigenvalue weighted by Crippen LogP contribution is 2.11. The van der Waals surface area contributed by atoms with Crippen LogP contribution >= 0.6 is 11.6 Å². The number of aromatic nitrogens is 1. The molecule has 7 heteroatoms. The Kier molecular flexibility index (Phi) is 4.31. The first-order valence-corrected chi connectivity index (χ1v) is 6.42. The average Bonchev–Trinajstić information content (AvgIpc) is 2.11. The van der Waals surface area contributed by atoms with Gasteiger partial charge in [-0.25, -0.2) is 18.5 Å². The van der Waals surface area contributed by atoms with Crippen LogP contribution in [0.15, 0.2) is 18.3 Å². The quantitative estimate of drug-likeness (QED) is 0.598. The van der Waals surface area contributed by atoms with Gasteiger partial charge in [-0.15, -0.1) is 0 Å². The van der Waals surface area contributed by atoms with E-state index in [1.807, 2.05) is 0 Å². The Hall–Kier alpha value is -0.850. The Labute approximate surface area is 93.7 Å². The predicted molar refractivity (Wildman–Crippen MR) is 60.3 cm³/mol. The second-order valence-electron chi connectivity index (χ2n) is 3.01. The second kappa shape index (κ2) is 5.29. The van der Waals surface area contributed by atoms with Gasteiger partial charge >= 0.3 is 0 Å². The fourth-order valence-corrected chi connectivity index (χ4v) is 1.74. The van der Waals surface area contributed by atoms with Gasteiger partial charge in [-0.3, -0.25) is 0 Å². The van der Waals surface area contributed by atoms with E-state index in [9.17, 15) is 8.42 Å². The molecule has 0 spiro atoms. The van der Waals surface area contributed by atoms with Gasteiger partial charge in [-0.05, 0) is 18.6 Å². The molecule has 5 nitrogen and oxygen atoms in total. The number of hydrogen-bond acceptors (Lipinski definition) is 4. The van der Waals surface area contributed by atoms with E-state index in [4.69, 9.17) is 16.7 Å². The minimum atomic E-state index is -3.37. The Morgan fingerprint density at radius 3 is 2.87 bits per heavy atom. The van der Waals surface area contributed by atoms with Crippen molar-refractivity contribution in [3.63, 3.8) is 0 Å². The maximum absolute atomic E-state index is 10.6. The zero-order valence-corrected chi connectivity index (χ0v) is 9.55. The van der Waals surface area contributed by atoms with Crippen molar-refractivity contribution < 1.29 is 8.42 Å². The number of sulfonamides is 1. The number of rotatable bonds is 5. The van der Waals surface area contributed by atoms with Crippen LogP contribution in [0.3, 0.4) is 0 Å². The summed E-state index contributed by atoms with van der Waals surface area (Å²) in [6.45, 7) is 0.525. The largest absolute Gasteiger partial charge is 0.385 e. The number of anilines is 1. The molecule has 0 radical (unpaired) electrons. The molecule has 84 valence electrons. The van der Waals surface area contributed by atoms with Gasteiger partial charge in [-0.2, -0.15) is 0 Å². The molecule has 0 aliphatic rings. The van der Waals surface area contributed by atoms with Gasteiger partial charge in [0.2, 0.25) is 10.0 Å². The molecular weight excluding hydrogens is 238 g/mol. The van der Waals surface area contributed by atoms with Gasteiger partial charge in [-0.1, -0.05) is 11.6 Å². The molecule has 0 unspecified atom stereocenters. The summed E-state index contributed by atoms with van der Waals surface area (Å²) in [5.74, 6) is -0.0290. The number of hydrogen-bond donors (Lipinski definition) is 2. The zero-order valence-electron chi connectivity index (χ0n) is 7.98. The number of nitrogens with two attached hydrogens (primary N) is 1. The normalized spacial score (nSPS) is 11.3. The van der Waals surface area contributed by atoms with Crippen molar-refractivity contribution >= 4 is 27.3 Å². The van der Waals surface area contributed by atoms with Crippen LogP contribution in [0.2, 0.25) is 5.15 Å². The third kappa shape index (κ3) is 5.56. The van der Waals surface area contributed by atoms with Crippen molar-refractivity contribution in [2.75, 3.05) is 17.6 Å². The highest BCUT2D eigenvalue weighted by molar-refractivity contribution is 7.89. The van der Waals surface area contributed by atoms with E-state index in [-0.39, 0.29) is 5.75 Å². The SMILES string of the molecule is NS(=O)(=O)CCCNc1ccnc(Cl)c1. The van der Waals surface area contributed by atoms with Crippen molar-refractivity contribution in [1.82, 2.24) is 4.98 Å². The van der Waals surface area contributed by atoms with Crippen LogP contribution in [-0.4, -0.2) is 25.7 Å². The molecule has 3 N–H and O–H groups in total. The number of nitrogens with one attached hydrogen (secondary N) is 1. The van der Waals surface area contributed by atoms with E-state index in [0.717, 1.165) is 5.69 Å². The van der Waals surface area contributed by atoms with Crippen molar-refractivity contribution in [1.29, 1.82) is 0 Å². The third-order valence-electron chi connectivity index (χ3n) is 1.66. The predicted octanol–water partition coefficient (Wildman–Crippen LogP) is 0.826. The first-order valence-electron chi connectivity index (χ1n) is 4.33. The molecule has 0 saturated carbocycles. The highest BCUT2D eigenvalue weighted by atomic mass is 35.5. The van der Waals surface area contributed by atoms with Crippen molar-refractivity contribution in [2.24, 2.45) is 5.14 Å². The second-order valence-corrected chi connectivity index (χ2v) is 5.14. The van der Waals surface area contributed by atoms with Crippen molar-refractivity contribution in [3.8, 4) is 0 Å². The van der Waals surface area contributed by atoms with Crippen molar-refractivity contribution in [3.05, 3.63) is 23.5 Å². The molecule has 0 aliphatic heterocycles. The zero-order chi connectivity index (χ0) is 11.3. The first-order chi connectivity index (χ1) is 6.97. The Morgan fingerprint density at radius 2 is 2.27 bits per heavy atom. The molecule has 1 aromatic rings. The number of nitrogens with zero attached hydrogens (tertiary/aromatic N) is 1. The lowest BCUT2D eigenvalue weighted by Crippen LogP contribution is -2.18. The van der Waals surface area contributed by atoms with Crippen LogP contribution in [0.25, 0.3) is 0 Å². The maximum Gasteiger partial charge on any atom is 0.209 e. The summed E-state index contributed by atoms with van der Waals surface area (Å²) in [5.41, 5.74) is 0.810. The molecule has 1 aromatic heterocycles. The fourth-order valence-electron chi connectivity index (χ4n) is 1.02. The Bertz CT molecular complexity index is 422. The number of primary sulfonamides is 1. The fraction of sp³-hybridized carbons (Fsp3) is 0.375. The van der Waals surface area contributed by atoms with Gasteiger partial charge in [0.05, 0.1) is 5.75 Å². The smallest absolute Gasteiger partial charge is 0.209 e. The van der Waals surface area contributed by atoms with E-state index in [1.54, 1.807) is 18.3 Å². The average molecular weight is 250 g/mol. The number of pyridine rings is 1. The Balaban J connectivity index is 2.32. The van der Waals surface area contributed by atoms with E-state index < -0.39 is 10.0 Å². The molecule has 0 amide bonds. The number of halogens is 1. The van der Waals surface area contributed by atoms with Crippen molar-refractivity contribution in [2.45, 2.75) is 6.42 Å². The molecule has 0 bridgehead atoms. The summed E-state index contributed by atoms with van der Waals surface area (Å²) in [4.78, 5) is 3.82. The summed E-state index contributed by atoms with van der Waals surface area (Å²) in [6, 6.07) is 3.42. The summed E-state index contributed by atoms with van der Waals surface area (Å²) < 4.78 is 21.2. The maximum atomic E-state index is 10.6. The molecule has 1 rings (SSSR count).